The lowest BCUT2D eigenvalue weighted by atomic mass is 10.2. The van der Waals surface area contributed by atoms with Crippen molar-refractivity contribution < 1.29 is 9.18 Å². The van der Waals surface area contributed by atoms with Crippen LogP contribution in [-0.2, 0) is 0 Å². The van der Waals surface area contributed by atoms with Crippen LogP contribution in [0.5, 0.6) is 0 Å². The molecule has 0 fully saturated rings. The number of benzene rings is 1. The van der Waals surface area contributed by atoms with Gasteiger partial charge < -0.3 is 5.32 Å². The summed E-state index contributed by atoms with van der Waals surface area (Å²) in [5, 5.41) is 2.58. The quantitative estimate of drug-likeness (QED) is 0.606. The molecule has 1 rings (SSSR count). The van der Waals surface area contributed by atoms with Gasteiger partial charge in [0, 0.05) is 12.4 Å². The van der Waals surface area contributed by atoms with Crippen molar-refractivity contribution in [1.29, 1.82) is 0 Å². The van der Waals surface area contributed by atoms with Gasteiger partial charge in [0.15, 0.2) is 0 Å². The second-order valence-corrected chi connectivity index (χ2v) is 3.16. The molecule has 1 aromatic rings. The van der Waals surface area contributed by atoms with E-state index in [9.17, 15) is 9.18 Å². The largest absolute Gasteiger partial charge is 0.352 e. The van der Waals surface area contributed by atoms with Crippen molar-refractivity contribution in [3.8, 4) is 0 Å². The molecule has 4 heteroatoms. The van der Waals surface area contributed by atoms with Gasteiger partial charge in [-0.1, -0.05) is 12.1 Å². The van der Waals surface area contributed by atoms with Gasteiger partial charge in [0.2, 0.25) is 0 Å². The van der Waals surface area contributed by atoms with Crippen LogP contribution in [0.15, 0.2) is 24.3 Å². The number of nitrogens with one attached hydrogen (secondary N) is 1. The van der Waals surface area contributed by atoms with Crippen LogP contribution in [0.4, 0.5) is 4.39 Å². The van der Waals surface area contributed by atoms with E-state index < -0.39 is 11.7 Å². The van der Waals surface area contributed by atoms with Gasteiger partial charge in [-0.25, -0.2) is 4.39 Å². The molecule has 0 saturated carbocycles. The van der Waals surface area contributed by atoms with Gasteiger partial charge in [-0.2, -0.15) is 0 Å². The third-order valence-corrected chi connectivity index (χ3v) is 1.98. The number of alkyl halides is 1. The van der Waals surface area contributed by atoms with Crippen molar-refractivity contribution in [3.05, 3.63) is 35.6 Å². The first-order valence-corrected chi connectivity index (χ1v) is 4.88. The van der Waals surface area contributed by atoms with Crippen LogP contribution in [0.3, 0.4) is 0 Å². The van der Waals surface area contributed by atoms with E-state index in [0.29, 0.717) is 18.8 Å². The van der Waals surface area contributed by atoms with Crippen molar-refractivity contribution in [1.82, 2.24) is 5.32 Å². The van der Waals surface area contributed by atoms with Gasteiger partial charge in [0.05, 0.1) is 5.56 Å². The monoisotopic (exact) mass is 215 g/mol. The Hall–Kier alpha value is -1.09. The normalized spacial score (nSPS) is 9.86. The van der Waals surface area contributed by atoms with Crippen LogP contribution in [0.25, 0.3) is 0 Å². The Morgan fingerprint density at radius 1 is 1.43 bits per heavy atom. The number of halogens is 2. The van der Waals surface area contributed by atoms with E-state index in [4.69, 9.17) is 11.6 Å². The van der Waals surface area contributed by atoms with Crippen LogP contribution in [0, 0.1) is 5.82 Å². The topological polar surface area (TPSA) is 29.1 Å². The lowest BCUT2D eigenvalue weighted by molar-refractivity contribution is 0.0950. The van der Waals surface area contributed by atoms with E-state index in [1.54, 1.807) is 12.1 Å². The SMILES string of the molecule is O=C(NCCCCl)c1ccccc1F. The molecule has 0 spiro atoms. The van der Waals surface area contributed by atoms with Crippen molar-refractivity contribution in [2.24, 2.45) is 0 Å². The molecule has 0 aromatic heterocycles. The molecule has 0 aliphatic rings. The summed E-state index contributed by atoms with van der Waals surface area (Å²) in [6.07, 6.45) is 0.682. The highest BCUT2D eigenvalue weighted by Gasteiger charge is 2.08. The maximum absolute atomic E-state index is 13.1. The Morgan fingerprint density at radius 2 is 2.14 bits per heavy atom. The summed E-state index contributed by atoms with van der Waals surface area (Å²) in [5.74, 6) is -0.415. The maximum Gasteiger partial charge on any atom is 0.254 e. The highest BCUT2D eigenvalue weighted by atomic mass is 35.5. The molecule has 2 nitrogen and oxygen atoms in total. The van der Waals surface area contributed by atoms with Crippen LogP contribution in [0.1, 0.15) is 16.8 Å². The summed E-state index contributed by atoms with van der Waals surface area (Å²) in [6, 6.07) is 5.88. The highest BCUT2D eigenvalue weighted by Crippen LogP contribution is 2.05. The molecule has 0 atom stereocenters. The summed E-state index contributed by atoms with van der Waals surface area (Å²) in [4.78, 5) is 11.3. The number of hydrogen-bond donors (Lipinski definition) is 1. The van der Waals surface area contributed by atoms with Gasteiger partial charge >= 0.3 is 0 Å². The van der Waals surface area contributed by atoms with Crippen LogP contribution in [0.2, 0.25) is 0 Å². The molecule has 0 saturated heterocycles. The zero-order valence-electron chi connectivity index (χ0n) is 7.59. The molecule has 0 heterocycles. The molecule has 1 aromatic carbocycles. The zero-order chi connectivity index (χ0) is 10.4. The maximum atomic E-state index is 13.1. The molecule has 1 N–H and O–H groups in total. The van der Waals surface area contributed by atoms with Gasteiger partial charge in [-0.15, -0.1) is 11.6 Å². The molecule has 0 bridgehead atoms. The average Bonchev–Trinajstić information content (AvgIpc) is 2.18. The Balaban J connectivity index is 2.56. The van der Waals surface area contributed by atoms with E-state index >= 15 is 0 Å². The van der Waals surface area contributed by atoms with Gasteiger partial charge in [-0.05, 0) is 18.6 Å². The van der Waals surface area contributed by atoms with Gasteiger partial charge in [0.1, 0.15) is 5.82 Å². The van der Waals surface area contributed by atoms with Crippen molar-refractivity contribution >= 4 is 17.5 Å². The molecule has 14 heavy (non-hydrogen) atoms. The predicted octanol–water partition coefficient (Wildman–Crippen LogP) is 2.18. The smallest absolute Gasteiger partial charge is 0.254 e. The van der Waals surface area contributed by atoms with E-state index in [2.05, 4.69) is 5.32 Å². The van der Waals surface area contributed by atoms with Crippen LogP contribution >= 0.6 is 11.6 Å². The minimum atomic E-state index is -0.504. The summed E-state index contributed by atoms with van der Waals surface area (Å²) >= 11 is 5.44. The van der Waals surface area contributed by atoms with E-state index in [0.717, 1.165) is 0 Å². The van der Waals surface area contributed by atoms with E-state index in [1.807, 2.05) is 0 Å². The van der Waals surface area contributed by atoms with Gasteiger partial charge in [-0.3, -0.25) is 4.79 Å². The number of carbonyl (C=O) groups excluding carboxylic acids is 1. The second kappa shape index (κ2) is 5.60. The first-order valence-electron chi connectivity index (χ1n) is 4.34. The first-order chi connectivity index (χ1) is 6.75. The third kappa shape index (κ3) is 3.00. The molecule has 1 amide bonds. The molecule has 0 radical (unpaired) electrons. The molecular formula is C10H11ClFNO. The number of amides is 1. The molecular weight excluding hydrogens is 205 g/mol. The Morgan fingerprint density at radius 3 is 2.79 bits per heavy atom. The number of hydrogen-bond acceptors (Lipinski definition) is 1. The summed E-state index contributed by atoms with van der Waals surface area (Å²) in [6.45, 7) is 0.469. The van der Waals surface area contributed by atoms with Crippen molar-refractivity contribution in [2.75, 3.05) is 12.4 Å². The summed E-state index contributed by atoms with van der Waals surface area (Å²) in [7, 11) is 0. The van der Waals surface area contributed by atoms with Crippen molar-refractivity contribution in [2.45, 2.75) is 6.42 Å². The minimum Gasteiger partial charge on any atom is -0.352 e. The fraction of sp³-hybridized carbons (Fsp3) is 0.300. The van der Waals surface area contributed by atoms with E-state index in [1.165, 1.54) is 12.1 Å². The minimum absolute atomic E-state index is 0.0714. The molecule has 0 aliphatic carbocycles. The molecule has 0 aliphatic heterocycles. The molecule has 0 unspecified atom stereocenters. The lowest BCUT2D eigenvalue weighted by Crippen LogP contribution is -2.25. The Bertz CT molecular complexity index is 317. The third-order valence-electron chi connectivity index (χ3n) is 1.71. The van der Waals surface area contributed by atoms with Gasteiger partial charge in [0.25, 0.3) is 5.91 Å². The zero-order valence-corrected chi connectivity index (χ0v) is 8.35. The van der Waals surface area contributed by atoms with Crippen LogP contribution in [-0.4, -0.2) is 18.3 Å². The lowest BCUT2D eigenvalue weighted by Gasteiger charge is -2.04. The predicted molar refractivity (Wildman–Crippen MR) is 54.1 cm³/mol. The highest BCUT2D eigenvalue weighted by molar-refractivity contribution is 6.17. The first kappa shape index (κ1) is 11.0. The summed E-state index contributed by atoms with van der Waals surface area (Å²) < 4.78 is 13.1. The molecule has 76 valence electrons. The van der Waals surface area contributed by atoms with Crippen LogP contribution < -0.4 is 5.32 Å². The standard InChI is InChI=1S/C10H11ClFNO/c11-6-3-7-13-10(14)8-4-1-2-5-9(8)12/h1-2,4-5H,3,6-7H2,(H,13,14). The second-order valence-electron chi connectivity index (χ2n) is 2.78. The Labute approximate surface area is 87.1 Å². The van der Waals surface area contributed by atoms with E-state index in [-0.39, 0.29) is 5.56 Å². The average molecular weight is 216 g/mol. The summed E-state index contributed by atoms with van der Waals surface area (Å²) in [5.41, 5.74) is 0.0714. The number of carbonyl (C=O) groups is 1. The Kier molecular flexibility index (Phi) is 4.40. The fourth-order valence-corrected chi connectivity index (χ4v) is 1.14. The number of rotatable bonds is 4. The fourth-order valence-electron chi connectivity index (χ4n) is 1.01. The van der Waals surface area contributed by atoms with Crippen molar-refractivity contribution in [3.63, 3.8) is 0 Å².